The summed E-state index contributed by atoms with van der Waals surface area (Å²) in [5.41, 5.74) is 0. The van der Waals surface area contributed by atoms with Crippen LogP contribution < -0.4 is 5.32 Å². The number of rotatable bonds is 11. The van der Waals surface area contributed by atoms with E-state index in [0.717, 1.165) is 19.3 Å². The lowest BCUT2D eigenvalue weighted by Crippen LogP contribution is -2.44. The monoisotopic (exact) mass is 369 g/mol. The zero-order valence-corrected chi connectivity index (χ0v) is 14.9. The SMILES string of the molecule is C=CCOC(=O)N[C@@H](CC(=O)O)C(=O)COC(=O)CCC1CCCCC1. The van der Waals surface area contributed by atoms with Gasteiger partial charge in [0.2, 0.25) is 0 Å². The highest BCUT2D eigenvalue weighted by Gasteiger charge is 2.25. The molecule has 2 N–H and O–H groups in total. The van der Waals surface area contributed by atoms with E-state index in [0.29, 0.717) is 5.92 Å². The summed E-state index contributed by atoms with van der Waals surface area (Å²) in [5.74, 6) is -1.94. The van der Waals surface area contributed by atoms with Crippen LogP contribution in [-0.4, -0.2) is 48.2 Å². The molecule has 1 atom stereocenters. The summed E-state index contributed by atoms with van der Waals surface area (Å²) in [4.78, 5) is 46.2. The molecule has 0 radical (unpaired) electrons. The van der Waals surface area contributed by atoms with Gasteiger partial charge in [-0.2, -0.15) is 0 Å². The lowest BCUT2D eigenvalue weighted by atomic mass is 9.86. The third-order valence-corrected chi connectivity index (χ3v) is 4.25. The van der Waals surface area contributed by atoms with Crippen LogP contribution in [0.3, 0.4) is 0 Å². The van der Waals surface area contributed by atoms with Gasteiger partial charge in [0.15, 0.2) is 12.4 Å². The van der Waals surface area contributed by atoms with Crippen LogP contribution >= 0.6 is 0 Å². The van der Waals surface area contributed by atoms with Gasteiger partial charge in [0.1, 0.15) is 12.6 Å². The number of nitrogens with one attached hydrogen (secondary N) is 1. The Hall–Kier alpha value is -2.38. The Labute approximate surface area is 152 Å². The van der Waals surface area contributed by atoms with Crippen LogP contribution in [0.5, 0.6) is 0 Å². The van der Waals surface area contributed by atoms with E-state index in [9.17, 15) is 19.2 Å². The molecule has 1 saturated carbocycles. The molecule has 0 aromatic heterocycles. The van der Waals surface area contributed by atoms with Crippen molar-refractivity contribution >= 4 is 23.8 Å². The normalized spacial score (nSPS) is 15.5. The first-order valence-corrected chi connectivity index (χ1v) is 8.86. The third kappa shape index (κ3) is 9.19. The molecular weight excluding hydrogens is 342 g/mol. The fraction of sp³-hybridized carbons (Fsp3) is 0.667. The Morgan fingerprint density at radius 2 is 1.85 bits per heavy atom. The number of ether oxygens (including phenoxy) is 2. The number of carbonyl (C=O) groups excluding carboxylic acids is 3. The summed E-state index contributed by atoms with van der Waals surface area (Å²) in [6.07, 6.45) is 6.58. The second kappa shape index (κ2) is 12.1. The first-order chi connectivity index (χ1) is 12.4. The minimum Gasteiger partial charge on any atom is -0.481 e. The van der Waals surface area contributed by atoms with Gasteiger partial charge in [0.05, 0.1) is 6.42 Å². The number of hydrogen-bond acceptors (Lipinski definition) is 6. The molecule has 8 heteroatoms. The summed E-state index contributed by atoms with van der Waals surface area (Å²) in [6.45, 7) is 2.72. The average Bonchev–Trinajstić information content (AvgIpc) is 2.62. The molecule has 1 aliphatic carbocycles. The molecule has 0 aromatic carbocycles. The molecule has 0 heterocycles. The van der Waals surface area contributed by atoms with Crippen molar-refractivity contribution in [2.75, 3.05) is 13.2 Å². The molecule has 0 spiro atoms. The Bertz CT molecular complexity index is 512. The van der Waals surface area contributed by atoms with Crippen molar-refractivity contribution in [1.82, 2.24) is 5.32 Å². The number of esters is 1. The molecule has 26 heavy (non-hydrogen) atoms. The fourth-order valence-corrected chi connectivity index (χ4v) is 2.86. The number of Topliss-reactive ketones (excluding diaryl/α,β-unsaturated/α-hetero) is 1. The molecule has 1 fully saturated rings. The predicted molar refractivity (Wildman–Crippen MR) is 92.5 cm³/mol. The lowest BCUT2D eigenvalue weighted by Gasteiger charge is -2.21. The van der Waals surface area contributed by atoms with Gasteiger partial charge in [-0.3, -0.25) is 14.4 Å². The first-order valence-electron chi connectivity index (χ1n) is 8.86. The molecule has 8 nitrogen and oxygen atoms in total. The Balaban J connectivity index is 2.38. The minimum absolute atomic E-state index is 0.0734. The Morgan fingerprint density at radius 1 is 1.15 bits per heavy atom. The van der Waals surface area contributed by atoms with Crippen molar-refractivity contribution in [2.24, 2.45) is 5.92 Å². The maximum atomic E-state index is 12.1. The highest BCUT2D eigenvalue weighted by Crippen LogP contribution is 2.27. The molecule has 0 bridgehead atoms. The number of hydrogen-bond donors (Lipinski definition) is 2. The van der Waals surface area contributed by atoms with E-state index in [4.69, 9.17) is 9.84 Å². The van der Waals surface area contributed by atoms with Crippen LogP contribution in [0, 0.1) is 5.92 Å². The van der Waals surface area contributed by atoms with E-state index in [-0.39, 0.29) is 13.0 Å². The molecular formula is C18H27NO7. The van der Waals surface area contributed by atoms with Crippen molar-refractivity contribution < 1.29 is 33.8 Å². The molecule has 146 valence electrons. The molecule has 1 aliphatic rings. The van der Waals surface area contributed by atoms with Crippen molar-refractivity contribution in [3.05, 3.63) is 12.7 Å². The number of carboxylic acid groups (broad SMARTS) is 1. The van der Waals surface area contributed by atoms with Crippen molar-refractivity contribution in [3.8, 4) is 0 Å². The summed E-state index contributed by atoms with van der Waals surface area (Å²) in [5, 5.41) is 11.0. The van der Waals surface area contributed by atoms with Gasteiger partial charge in [0.25, 0.3) is 0 Å². The highest BCUT2D eigenvalue weighted by molar-refractivity contribution is 5.92. The van der Waals surface area contributed by atoms with Crippen LogP contribution in [0.1, 0.15) is 51.4 Å². The van der Waals surface area contributed by atoms with Crippen LogP contribution in [-0.2, 0) is 23.9 Å². The van der Waals surface area contributed by atoms with Crippen LogP contribution in [0.2, 0.25) is 0 Å². The molecule has 0 aliphatic heterocycles. The number of aliphatic carboxylic acids is 1. The summed E-state index contributed by atoms with van der Waals surface area (Å²) < 4.78 is 9.59. The number of ketones is 1. The largest absolute Gasteiger partial charge is 0.481 e. The van der Waals surface area contributed by atoms with E-state index in [1.54, 1.807) is 0 Å². The van der Waals surface area contributed by atoms with Crippen LogP contribution in [0.25, 0.3) is 0 Å². The van der Waals surface area contributed by atoms with Gasteiger partial charge in [-0.25, -0.2) is 4.79 Å². The van der Waals surface area contributed by atoms with Gasteiger partial charge in [0, 0.05) is 6.42 Å². The predicted octanol–water partition coefficient (Wildman–Crippen LogP) is 2.21. The third-order valence-electron chi connectivity index (χ3n) is 4.25. The molecule has 1 rings (SSSR count). The fourth-order valence-electron chi connectivity index (χ4n) is 2.86. The van der Waals surface area contributed by atoms with Gasteiger partial charge in [-0.05, 0) is 12.3 Å². The zero-order valence-electron chi connectivity index (χ0n) is 14.9. The number of amides is 1. The van der Waals surface area contributed by atoms with Crippen molar-refractivity contribution in [1.29, 1.82) is 0 Å². The quantitative estimate of drug-likeness (QED) is 0.423. The number of alkyl carbamates (subject to hydrolysis) is 1. The standard InChI is InChI=1S/C18H27NO7/c1-2-10-25-18(24)19-14(11-16(21)22)15(20)12-26-17(23)9-8-13-6-4-3-5-7-13/h2,13-14H,1,3-12H2,(H,19,24)(H,21,22)/t14-/m0/s1. The first kappa shape index (κ1) is 21.7. The van der Waals surface area contributed by atoms with Crippen molar-refractivity contribution in [2.45, 2.75) is 57.4 Å². The van der Waals surface area contributed by atoms with Gasteiger partial charge in [-0.15, -0.1) is 0 Å². The smallest absolute Gasteiger partial charge is 0.408 e. The molecule has 1 amide bonds. The highest BCUT2D eigenvalue weighted by atomic mass is 16.5. The van der Waals surface area contributed by atoms with Crippen LogP contribution in [0.4, 0.5) is 4.79 Å². The Kier molecular flexibility index (Phi) is 10.0. The summed E-state index contributed by atoms with van der Waals surface area (Å²) >= 11 is 0. The number of carbonyl (C=O) groups is 4. The van der Waals surface area contributed by atoms with Gasteiger partial charge >= 0.3 is 18.0 Å². The van der Waals surface area contributed by atoms with E-state index >= 15 is 0 Å². The van der Waals surface area contributed by atoms with E-state index in [2.05, 4.69) is 16.6 Å². The molecule has 0 aromatic rings. The molecule has 0 saturated heterocycles. The average molecular weight is 369 g/mol. The van der Waals surface area contributed by atoms with Gasteiger partial charge in [-0.1, -0.05) is 44.8 Å². The summed E-state index contributed by atoms with van der Waals surface area (Å²) in [7, 11) is 0. The van der Waals surface area contributed by atoms with E-state index < -0.39 is 42.9 Å². The topological polar surface area (TPSA) is 119 Å². The Morgan fingerprint density at radius 3 is 2.46 bits per heavy atom. The van der Waals surface area contributed by atoms with Gasteiger partial charge < -0.3 is 19.9 Å². The molecule has 0 unspecified atom stereocenters. The van der Waals surface area contributed by atoms with E-state index in [1.165, 1.54) is 25.3 Å². The lowest BCUT2D eigenvalue weighted by molar-refractivity contribution is -0.149. The van der Waals surface area contributed by atoms with Crippen molar-refractivity contribution in [3.63, 3.8) is 0 Å². The number of carboxylic acids is 1. The minimum atomic E-state index is -1.32. The second-order valence-electron chi connectivity index (χ2n) is 6.35. The van der Waals surface area contributed by atoms with Crippen LogP contribution in [0.15, 0.2) is 12.7 Å². The summed E-state index contributed by atoms with van der Waals surface area (Å²) in [6, 6.07) is -1.32. The maximum absolute atomic E-state index is 12.1. The zero-order chi connectivity index (χ0) is 19.4. The maximum Gasteiger partial charge on any atom is 0.408 e. The van der Waals surface area contributed by atoms with E-state index in [1.807, 2.05) is 0 Å². The second-order valence-corrected chi connectivity index (χ2v) is 6.35.